The molecule has 0 bridgehead atoms. The van der Waals surface area contributed by atoms with Crippen molar-refractivity contribution in [1.82, 2.24) is 15.2 Å². The van der Waals surface area contributed by atoms with Gasteiger partial charge in [-0.1, -0.05) is 18.9 Å². The van der Waals surface area contributed by atoms with Crippen LogP contribution < -0.4 is 5.32 Å². The second-order valence-electron chi connectivity index (χ2n) is 7.13. The van der Waals surface area contributed by atoms with E-state index in [1.54, 1.807) is 30.6 Å². The fourth-order valence-corrected chi connectivity index (χ4v) is 3.69. The van der Waals surface area contributed by atoms with E-state index in [2.05, 4.69) is 16.4 Å². The van der Waals surface area contributed by atoms with Crippen LogP contribution in [0.15, 0.2) is 36.7 Å². The van der Waals surface area contributed by atoms with E-state index in [1.807, 2.05) is 4.90 Å². The maximum atomic E-state index is 12.4. The van der Waals surface area contributed by atoms with Crippen molar-refractivity contribution in [2.45, 2.75) is 38.5 Å². The molecule has 1 aliphatic carbocycles. The molecule has 2 amide bonds. The van der Waals surface area contributed by atoms with Gasteiger partial charge in [0.25, 0.3) is 5.91 Å². The first-order valence-electron chi connectivity index (χ1n) is 9.37. The maximum absolute atomic E-state index is 12.4. The first-order valence-corrected chi connectivity index (χ1v) is 9.37. The highest BCUT2D eigenvalue weighted by atomic mass is 16.2. The van der Waals surface area contributed by atoms with Crippen LogP contribution in [0.1, 0.15) is 48.9 Å². The molecule has 0 aromatic carbocycles. The first kappa shape index (κ1) is 17.6. The summed E-state index contributed by atoms with van der Waals surface area (Å²) in [7, 11) is 0. The third kappa shape index (κ3) is 5.15. The van der Waals surface area contributed by atoms with Gasteiger partial charge in [0.15, 0.2) is 0 Å². The van der Waals surface area contributed by atoms with E-state index in [0.717, 1.165) is 25.9 Å². The third-order valence-electron chi connectivity index (χ3n) is 5.29. The summed E-state index contributed by atoms with van der Waals surface area (Å²) in [5.74, 6) is 1.10. The number of aromatic nitrogens is 1. The number of allylic oxidation sites excluding steroid dienone is 1. The molecule has 1 N–H and O–H groups in total. The van der Waals surface area contributed by atoms with E-state index in [0.29, 0.717) is 23.9 Å². The zero-order valence-electron chi connectivity index (χ0n) is 14.7. The molecular weight excluding hydrogens is 314 g/mol. The average Bonchev–Trinajstić information content (AvgIpc) is 3.19. The van der Waals surface area contributed by atoms with Crippen molar-refractivity contribution in [3.8, 4) is 0 Å². The maximum Gasteiger partial charge on any atom is 0.255 e. The van der Waals surface area contributed by atoms with Gasteiger partial charge in [-0.15, -0.1) is 0 Å². The van der Waals surface area contributed by atoms with Crippen LogP contribution in [-0.2, 0) is 4.79 Å². The first-order chi connectivity index (χ1) is 12.2. The highest BCUT2D eigenvalue weighted by Gasteiger charge is 2.23. The van der Waals surface area contributed by atoms with Gasteiger partial charge in [0, 0.05) is 32.0 Å². The highest BCUT2D eigenvalue weighted by Crippen LogP contribution is 2.25. The van der Waals surface area contributed by atoms with Crippen molar-refractivity contribution in [3.05, 3.63) is 42.2 Å². The third-order valence-corrected chi connectivity index (χ3v) is 5.29. The van der Waals surface area contributed by atoms with Crippen LogP contribution >= 0.6 is 0 Å². The second kappa shape index (κ2) is 8.79. The lowest BCUT2D eigenvalue weighted by Gasteiger charge is -2.32. The van der Waals surface area contributed by atoms with Crippen LogP contribution in [0.4, 0.5) is 0 Å². The van der Waals surface area contributed by atoms with E-state index in [9.17, 15) is 9.59 Å². The Morgan fingerprint density at radius 1 is 1.20 bits per heavy atom. The molecule has 2 fully saturated rings. The molecule has 3 rings (SSSR count). The number of nitrogens with one attached hydrogen (secondary N) is 1. The molecule has 5 nitrogen and oxygen atoms in total. The van der Waals surface area contributed by atoms with Crippen molar-refractivity contribution < 1.29 is 9.59 Å². The van der Waals surface area contributed by atoms with Gasteiger partial charge in [-0.3, -0.25) is 14.6 Å². The molecule has 25 heavy (non-hydrogen) atoms. The van der Waals surface area contributed by atoms with E-state index in [1.165, 1.54) is 25.7 Å². The van der Waals surface area contributed by atoms with Crippen LogP contribution in [0.3, 0.4) is 0 Å². The minimum atomic E-state index is 0.0146. The fraction of sp³-hybridized carbons (Fsp3) is 0.550. The monoisotopic (exact) mass is 341 g/mol. The van der Waals surface area contributed by atoms with Crippen LogP contribution in [0, 0.1) is 11.8 Å². The summed E-state index contributed by atoms with van der Waals surface area (Å²) in [6.07, 6.45) is 13.9. The van der Waals surface area contributed by atoms with Crippen LogP contribution in [-0.4, -0.2) is 41.3 Å². The molecule has 1 saturated heterocycles. The minimum Gasteiger partial charge on any atom is -0.352 e. The minimum absolute atomic E-state index is 0.0146. The zero-order valence-corrected chi connectivity index (χ0v) is 14.7. The Bertz CT molecular complexity index is 601. The number of carbonyl (C=O) groups excluding carboxylic acids is 2. The number of nitrogens with zero attached hydrogens (tertiary/aromatic N) is 2. The number of carbonyl (C=O) groups is 2. The summed E-state index contributed by atoms with van der Waals surface area (Å²) >= 11 is 0. The Hall–Kier alpha value is -2.17. The largest absolute Gasteiger partial charge is 0.352 e. The molecule has 0 atom stereocenters. The van der Waals surface area contributed by atoms with Gasteiger partial charge in [0.1, 0.15) is 0 Å². The van der Waals surface area contributed by atoms with Gasteiger partial charge in [0.2, 0.25) is 5.91 Å². The number of hydrogen-bond donors (Lipinski definition) is 1. The van der Waals surface area contributed by atoms with Gasteiger partial charge in [-0.25, -0.2) is 0 Å². The predicted octanol–water partition coefficient (Wildman–Crippen LogP) is 2.80. The lowest BCUT2D eigenvalue weighted by molar-refractivity contribution is -0.116. The van der Waals surface area contributed by atoms with Gasteiger partial charge < -0.3 is 10.2 Å². The Morgan fingerprint density at radius 3 is 2.64 bits per heavy atom. The SMILES string of the molecule is O=C(/C=C/C1CCCC1)NCC1CCN(C(=O)c2cccnc2)CC1. The normalized spacial score (nSPS) is 19.4. The van der Waals surface area contributed by atoms with Gasteiger partial charge in [0.05, 0.1) is 5.56 Å². The summed E-state index contributed by atoms with van der Waals surface area (Å²) in [6, 6.07) is 3.59. The fourth-order valence-electron chi connectivity index (χ4n) is 3.69. The average molecular weight is 341 g/mol. The number of likely N-dealkylation sites (tertiary alicyclic amines) is 1. The molecule has 0 radical (unpaired) electrons. The van der Waals surface area contributed by atoms with Crippen molar-refractivity contribution >= 4 is 11.8 Å². The Kier molecular flexibility index (Phi) is 6.20. The second-order valence-corrected chi connectivity index (χ2v) is 7.13. The van der Waals surface area contributed by atoms with E-state index in [-0.39, 0.29) is 11.8 Å². The standard InChI is InChI=1S/C20H27N3O2/c24-19(8-7-16-4-1-2-5-16)22-14-17-9-12-23(13-10-17)20(25)18-6-3-11-21-15-18/h3,6-8,11,15-17H,1-2,4-5,9-10,12-14H2,(H,22,24)/b8-7+. The van der Waals surface area contributed by atoms with Crippen LogP contribution in [0.25, 0.3) is 0 Å². The van der Waals surface area contributed by atoms with Gasteiger partial charge in [-0.05, 0) is 55.7 Å². The number of hydrogen-bond acceptors (Lipinski definition) is 3. The van der Waals surface area contributed by atoms with Crippen LogP contribution in [0.2, 0.25) is 0 Å². The lowest BCUT2D eigenvalue weighted by Crippen LogP contribution is -2.41. The van der Waals surface area contributed by atoms with Gasteiger partial charge in [-0.2, -0.15) is 0 Å². The molecule has 2 heterocycles. The number of pyridine rings is 1. The van der Waals surface area contributed by atoms with Gasteiger partial charge >= 0.3 is 0 Å². The Balaban J connectivity index is 1.37. The highest BCUT2D eigenvalue weighted by molar-refractivity contribution is 5.93. The molecule has 0 unspecified atom stereocenters. The zero-order chi connectivity index (χ0) is 17.5. The molecular formula is C20H27N3O2. The van der Waals surface area contributed by atoms with Crippen molar-refractivity contribution in [1.29, 1.82) is 0 Å². The number of rotatable bonds is 5. The molecule has 5 heteroatoms. The molecule has 1 aromatic heterocycles. The van der Waals surface area contributed by atoms with Crippen molar-refractivity contribution in [2.75, 3.05) is 19.6 Å². The smallest absolute Gasteiger partial charge is 0.255 e. The van der Waals surface area contributed by atoms with E-state index in [4.69, 9.17) is 0 Å². The molecule has 2 aliphatic rings. The molecule has 1 saturated carbocycles. The Labute approximate surface area is 149 Å². The summed E-state index contributed by atoms with van der Waals surface area (Å²) < 4.78 is 0. The molecule has 1 aliphatic heterocycles. The summed E-state index contributed by atoms with van der Waals surface area (Å²) in [6.45, 7) is 2.18. The summed E-state index contributed by atoms with van der Waals surface area (Å²) in [5.41, 5.74) is 0.645. The summed E-state index contributed by atoms with van der Waals surface area (Å²) in [5, 5.41) is 3.01. The van der Waals surface area contributed by atoms with E-state index < -0.39 is 0 Å². The number of amides is 2. The molecule has 0 spiro atoms. The quantitative estimate of drug-likeness (QED) is 0.838. The lowest BCUT2D eigenvalue weighted by atomic mass is 9.96. The van der Waals surface area contributed by atoms with E-state index >= 15 is 0 Å². The Morgan fingerprint density at radius 2 is 1.96 bits per heavy atom. The van der Waals surface area contributed by atoms with Crippen LogP contribution in [0.5, 0.6) is 0 Å². The topological polar surface area (TPSA) is 62.3 Å². The molecule has 134 valence electrons. The predicted molar refractivity (Wildman–Crippen MR) is 97.0 cm³/mol. The molecule has 1 aromatic rings. The summed E-state index contributed by atoms with van der Waals surface area (Å²) in [4.78, 5) is 30.2. The van der Waals surface area contributed by atoms with Crippen molar-refractivity contribution in [3.63, 3.8) is 0 Å². The number of piperidine rings is 1. The van der Waals surface area contributed by atoms with Crippen molar-refractivity contribution in [2.24, 2.45) is 11.8 Å².